The summed E-state index contributed by atoms with van der Waals surface area (Å²) in [6.07, 6.45) is 2.36. The monoisotopic (exact) mass is 361 g/mol. The summed E-state index contributed by atoms with van der Waals surface area (Å²) in [5.74, 6) is 0.518. The number of piperidine rings is 1. The molecule has 144 valence electrons. The van der Waals surface area contributed by atoms with Crippen LogP contribution in [0.2, 0.25) is 6.04 Å². The van der Waals surface area contributed by atoms with E-state index in [4.69, 9.17) is 18.0 Å². The summed E-state index contributed by atoms with van der Waals surface area (Å²) < 4.78 is 23.9. The molecule has 0 radical (unpaired) electrons. The summed E-state index contributed by atoms with van der Waals surface area (Å²) in [5, 5.41) is 0. The number of rotatable bonds is 11. The molecule has 5 nitrogen and oxygen atoms in total. The molecule has 24 heavy (non-hydrogen) atoms. The SMILES string of the molecule is CCO[Si](CCCOC1CCN(C)C(C)(C)C1C)(OCC)OCC. The standard InChI is InChI=1S/C18H39NO4Si/c1-8-21-24(22-9-2,23-10-3)15-11-14-20-17-12-13-19(7)18(5,6)16(17)4/h16-17H,8-15H2,1-7H3. The molecule has 0 spiro atoms. The Labute approximate surface area is 150 Å². The van der Waals surface area contributed by atoms with Gasteiger partial charge in [-0.05, 0) is 54.5 Å². The van der Waals surface area contributed by atoms with Gasteiger partial charge in [0, 0.05) is 50.5 Å². The zero-order chi connectivity index (χ0) is 18.2. The minimum absolute atomic E-state index is 0.184. The first-order valence-electron chi connectivity index (χ1n) is 9.57. The Bertz CT molecular complexity index is 337. The minimum Gasteiger partial charge on any atom is -0.378 e. The van der Waals surface area contributed by atoms with Gasteiger partial charge in [0.1, 0.15) is 0 Å². The maximum Gasteiger partial charge on any atom is 0.501 e. The van der Waals surface area contributed by atoms with E-state index in [1.54, 1.807) is 0 Å². The topological polar surface area (TPSA) is 40.2 Å². The van der Waals surface area contributed by atoms with Gasteiger partial charge in [0.2, 0.25) is 0 Å². The number of ether oxygens (including phenoxy) is 1. The number of likely N-dealkylation sites (tertiary alicyclic amines) is 1. The molecule has 0 aromatic carbocycles. The Morgan fingerprint density at radius 1 is 1.04 bits per heavy atom. The molecular weight excluding hydrogens is 322 g/mol. The van der Waals surface area contributed by atoms with Crippen LogP contribution in [-0.4, -0.2) is 65.4 Å². The largest absolute Gasteiger partial charge is 0.501 e. The second-order valence-electron chi connectivity index (χ2n) is 7.15. The van der Waals surface area contributed by atoms with E-state index >= 15 is 0 Å². The molecular formula is C18H39NO4Si. The van der Waals surface area contributed by atoms with Crippen LogP contribution in [0.4, 0.5) is 0 Å². The Balaban J connectivity index is 2.47. The van der Waals surface area contributed by atoms with Crippen LogP contribution in [-0.2, 0) is 18.0 Å². The van der Waals surface area contributed by atoms with Gasteiger partial charge >= 0.3 is 8.80 Å². The average Bonchev–Trinajstić information content (AvgIpc) is 2.52. The molecule has 0 saturated carbocycles. The van der Waals surface area contributed by atoms with Gasteiger partial charge in [0.15, 0.2) is 0 Å². The van der Waals surface area contributed by atoms with Crippen molar-refractivity contribution in [3.05, 3.63) is 0 Å². The van der Waals surface area contributed by atoms with Gasteiger partial charge < -0.3 is 22.9 Å². The second kappa shape index (κ2) is 10.2. The summed E-state index contributed by atoms with van der Waals surface area (Å²) in [6, 6.07) is 0.826. The summed E-state index contributed by atoms with van der Waals surface area (Å²) >= 11 is 0. The Hall–Kier alpha value is 0.0169. The predicted molar refractivity (Wildman–Crippen MR) is 100 cm³/mol. The molecule has 0 N–H and O–H groups in total. The van der Waals surface area contributed by atoms with Crippen LogP contribution in [0, 0.1) is 5.92 Å². The van der Waals surface area contributed by atoms with Crippen molar-refractivity contribution in [1.29, 1.82) is 0 Å². The van der Waals surface area contributed by atoms with Crippen LogP contribution in [0.15, 0.2) is 0 Å². The van der Waals surface area contributed by atoms with E-state index in [0.717, 1.165) is 32.0 Å². The molecule has 0 amide bonds. The third-order valence-corrected chi connectivity index (χ3v) is 8.61. The first-order chi connectivity index (χ1) is 11.3. The van der Waals surface area contributed by atoms with Crippen LogP contribution in [0.1, 0.15) is 54.4 Å². The lowest BCUT2D eigenvalue weighted by Gasteiger charge is -2.48. The Morgan fingerprint density at radius 2 is 1.58 bits per heavy atom. The van der Waals surface area contributed by atoms with Crippen molar-refractivity contribution >= 4 is 8.80 Å². The molecule has 0 bridgehead atoms. The quantitative estimate of drug-likeness (QED) is 0.416. The molecule has 0 aromatic heterocycles. The van der Waals surface area contributed by atoms with Crippen LogP contribution >= 0.6 is 0 Å². The highest BCUT2D eigenvalue weighted by molar-refractivity contribution is 6.60. The van der Waals surface area contributed by atoms with Crippen LogP contribution in [0.3, 0.4) is 0 Å². The van der Waals surface area contributed by atoms with Crippen molar-refractivity contribution in [1.82, 2.24) is 4.90 Å². The highest BCUT2D eigenvalue weighted by atomic mass is 28.4. The average molecular weight is 362 g/mol. The molecule has 6 heteroatoms. The van der Waals surface area contributed by atoms with E-state index in [1.165, 1.54) is 0 Å². The summed E-state index contributed by atoms with van der Waals surface area (Å²) in [7, 11) is -0.320. The number of hydrogen-bond acceptors (Lipinski definition) is 5. The van der Waals surface area contributed by atoms with Gasteiger partial charge in [-0.2, -0.15) is 0 Å². The highest BCUT2D eigenvalue weighted by Crippen LogP contribution is 2.33. The predicted octanol–water partition coefficient (Wildman–Crippen LogP) is 3.56. The third kappa shape index (κ3) is 5.78. The lowest BCUT2D eigenvalue weighted by atomic mass is 9.79. The third-order valence-electron chi connectivity index (χ3n) is 5.46. The van der Waals surface area contributed by atoms with Gasteiger partial charge in [-0.25, -0.2) is 0 Å². The lowest BCUT2D eigenvalue weighted by molar-refractivity contribution is -0.0790. The smallest absolute Gasteiger partial charge is 0.378 e. The van der Waals surface area contributed by atoms with Crippen LogP contribution in [0.5, 0.6) is 0 Å². The number of hydrogen-bond donors (Lipinski definition) is 0. The maximum absolute atomic E-state index is 6.24. The molecule has 1 rings (SSSR count). The molecule has 2 atom stereocenters. The van der Waals surface area contributed by atoms with Crippen molar-refractivity contribution in [2.24, 2.45) is 5.92 Å². The molecule has 1 heterocycles. The Kier molecular flexibility index (Phi) is 9.41. The normalized spacial score (nSPS) is 25.1. The molecule has 0 aliphatic carbocycles. The van der Waals surface area contributed by atoms with E-state index in [2.05, 4.69) is 32.7 Å². The first kappa shape index (κ1) is 22.1. The van der Waals surface area contributed by atoms with Gasteiger partial charge in [-0.15, -0.1) is 0 Å². The molecule has 1 saturated heterocycles. The van der Waals surface area contributed by atoms with E-state index < -0.39 is 8.80 Å². The zero-order valence-corrected chi connectivity index (χ0v) is 17.9. The fourth-order valence-corrected chi connectivity index (χ4v) is 5.99. The maximum atomic E-state index is 6.24. The Morgan fingerprint density at radius 3 is 2.08 bits per heavy atom. The highest BCUT2D eigenvalue weighted by Gasteiger charge is 2.41. The van der Waals surface area contributed by atoms with E-state index in [0.29, 0.717) is 31.8 Å². The van der Waals surface area contributed by atoms with E-state index in [-0.39, 0.29) is 5.54 Å². The summed E-state index contributed by atoms with van der Waals surface area (Å²) in [4.78, 5) is 2.44. The van der Waals surface area contributed by atoms with Crippen LogP contribution in [0.25, 0.3) is 0 Å². The van der Waals surface area contributed by atoms with Crippen molar-refractivity contribution in [3.63, 3.8) is 0 Å². The fraction of sp³-hybridized carbons (Fsp3) is 1.00. The van der Waals surface area contributed by atoms with Crippen molar-refractivity contribution in [2.45, 2.75) is 72.1 Å². The van der Waals surface area contributed by atoms with Gasteiger partial charge in [-0.1, -0.05) is 6.92 Å². The van der Waals surface area contributed by atoms with Crippen molar-refractivity contribution < 1.29 is 18.0 Å². The second-order valence-corrected chi connectivity index (χ2v) is 9.88. The zero-order valence-electron chi connectivity index (χ0n) is 16.9. The molecule has 0 aromatic rings. The van der Waals surface area contributed by atoms with Gasteiger partial charge in [0.25, 0.3) is 0 Å². The van der Waals surface area contributed by atoms with Crippen molar-refractivity contribution in [3.8, 4) is 0 Å². The fourth-order valence-electron chi connectivity index (χ4n) is 3.41. The molecule has 1 aliphatic rings. The first-order valence-corrected chi connectivity index (χ1v) is 11.5. The number of nitrogens with zero attached hydrogens (tertiary/aromatic N) is 1. The molecule has 2 unspecified atom stereocenters. The molecule has 1 fully saturated rings. The summed E-state index contributed by atoms with van der Waals surface area (Å²) in [6.45, 7) is 16.7. The molecule has 1 aliphatic heterocycles. The van der Waals surface area contributed by atoms with Crippen molar-refractivity contribution in [2.75, 3.05) is 40.0 Å². The van der Waals surface area contributed by atoms with E-state index in [9.17, 15) is 0 Å². The van der Waals surface area contributed by atoms with Gasteiger partial charge in [-0.3, -0.25) is 0 Å². The summed E-state index contributed by atoms with van der Waals surface area (Å²) in [5.41, 5.74) is 0.184. The minimum atomic E-state index is -2.53. The van der Waals surface area contributed by atoms with Crippen LogP contribution < -0.4 is 0 Å². The lowest BCUT2D eigenvalue weighted by Crippen LogP contribution is -2.56. The van der Waals surface area contributed by atoms with E-state index in [1.807, 2.05) is 20.8 Å². The van der Waals surface area contributed by atoms with Gasteiger partial charge in [0.05, 0.1) is 6.10 Å².